The number of hydrogen-bond acceptors (Lipinski definition) is 5. The van der Waals surface area contributed by atoms with Crippen molar-refractivity contribution >= 4 is 18.0 Å². The Balaban J connectivity index is 4.14. The molecular weight excluding hydrogens is 216 g/mol. The van der Waals surface area contributed by atoms with Crippen LogP contribution in [0.5, 0.6) is 0 Å². The summed E-state index contributed by atoms with van der Waals surface area (Å²) in [5, 5.41) is 4.59. The molecule has 0 fully saturated rings. The van der Waals surface area contributed by atoms with E-state index < -0.39 is 23.5 Å². The van der Waals surface area contributed by atoms with Gasteiger partial charge in [-0.1, -0.05) is 0 Å². The molecule has 0 spiro atoms. The first-order chi connectivity index (χ1) is 7.33. The summed E-state index contributed by atoms with van der Waals surface area (Å²) in [4.78, 5) is 33.2. The normalized spacial score (nSPS) is 10.2. The van der Waals surface area contributed by atoms with Crippen molar-refractivity contribution in [1.82, 2.24) is 10.6 Å². The number of hydrogen-bond donors (Lipinski definition) is 2. The quantitative estimate of drug-likeness (QED) is 0.632. The number of amides is 2. The highest BCUT2D eigenvalue weighted by molar-refractivity contribution is 5.89. The van der Waals surface area contributed by atoms with Crippen LogP contribution in [0.25, 0.3) is 0 Å². The number of methoxy groups -OCH3 is 2. The third-order valence-corrected chi connectivity index (χ3v) is 1.73. The Labute approximate surface area is 93.5 Å². The second-order valence-electron chi connectivity index (χ2n) is 3.51. The van der Waals surface area contributed by atoms with E-state index in [-0.39, 0.29) is 6.54 Å². The number of rotatable bonds is 4. The van der Waals surface area contributed by atoms with Gasteiger partial charge in [-0.15, -0.1) is 0 Å². The molecule has 16 heavy (non-hydrogen) atoms. The van der Waals surface area contributed by atoms with E-state index in [2.05, 4.69) is 20.1 Å². The summed E-state index contributed by atoms with van der Waals surface area (Å²) < 4.78 is 8.77. The molecule has 0 aromatic heterocycles. The lowest BCUT2D eigenvalue weighted by molar-refractivity contribution is -0.149. The summed E-state index contributed by atoms with van der Waals surface area (Å²) in [5.74, 6) is -1.08. The van der Waals surface area contributed by atoms with Crippen LogP contribution in [0.1, 0.15) is 13.8 Å². The molecule has 0 saturated heterocycles. The molecule has 0 radical (unpaired) electrons. The number of nitrogens with one attached hydrogen (secondary N) is 2. The van der Waals surface area contributed by atoms with Crippen molar-refractivity contribution in [3.63, 3.8) is 0 Å². The van der Waals surface area contributed by atoms with E-state index in [4.69, 9.17) is 0 Å². The van der Waals surface area contributed by atoms with Crippen LogP contribution in [0, 0.1) is 0 Å². The van der Waals surface area contributed by atoms with Gasteiger partial charge in [0.2, 0.25) is 5.91 Å². The molecule has 0 heterocycles. The Morgan fingerprint density at radius 1 is 1.12 bits per heavy atom. The van der Waals surface area contributed by atoms with Gasteiger partial charge in [0.1, 0.15) is 12.1 Å². The van der Waals surface area contributed by atoms with Gasteiger partial charge in [0.05, 0.1) is 14.2 Å². The summed E-state index contributed by atoms with van der Waals surface area (Å²) >= 11 is 0. The fraction of sp³-hybridized carbons (Fsp3) is 0.667. The van der Waals surface area contributed by atoms with Crippen LogP contribution in [0.2, 0.25) is 0 Å². The van der Waals surface area contributed by atoms with Crippen LogP contribution >= 0.6 is 0 Å². The summed E-state index contributed by atoms with van der Waals surface area (Å²) in [6, 6.07) is 0. The third kappa shape index (κ3) is 4.63. The zero-order chi connectivity index (χ0) is 12.8. The summed E-state index contributed by atoms with van der Waals surface area (Å²) in [6.07, 6.45) is -0.717. The first-order valence-corrected chi connectivity index (χ1v) is 4.54. The van der Waals surface area contributed by atoms with E-state index in [9.17, 15) is 14.4 Å². The van der Waals surface area contributed by atoms with Gasteiger partial charge in [0.25, 0.3) is 0 Å². The SMILES string of the molecule is COC(=O)NCC(=O)NC(C)(C)C(=O)OC. The fourth-order valence-corrected chi connectivity index (χ4v) is 0.924. The summed E-state index contributed by atoms with van der Waals surface area (Å²) in [6.45, 7) is 2.72. The molecule has 0 unspecified atom stereocenters. The average Bonchev–Trinajstić information content (AvgIpc) is 2.23. The summed E-state index contributed by atoms with van der Waals surface area (Å²) in [5.41, 5.74) is -1.14. The third-order valence-electron chi connectivity index (χ3n) is 1.73. The highest BCUT2D eigenvalue weighted by Gasteiger charge is 2.30. The van der Waals surface area contributed by atoms with Crippen LogP contribution in [0.4, 0.5) is 4.79 Å². The monoisotopic (exact) mass is 232 g/mol. The zero-order valence-corrected chi connectivity index (χ0v) is 9.75. The number of alkyl carbamates (subject to hydrolysis) is 1. The highest BCUT2D eigenvalue weighted by Crippen LogP contribution is 2.03. The summed E-state index contributed by atoms with van der Waals surface area (Å²) in [7, 11) is 2.41. The molecule has 7 nitrogen and oxygen atoms in total. The predicted molar refractivity (Wildman–Crippen MR) is 54.6 cm³/mol. The van der Waals surface area contributed by atoms with Crippen molar-refractivity contribution in [2.75, 3.05) is 20.8 Å². The van der Waals surface area contributed by atoms with Crippen molar-refractivity contribution in [3.8, 4) is 0 Å². The lowest BCUT2D eigenvalue weighted by Gasteiger charge is -2.22. The topological polar surface area (TPSA) is 93.7 Å². The van der Waals surface area contributed by atoms with Gasteiger partial charge in [-0.05, 0) is 13.8 Å². The van der Waals surface area contributed by atoms with E-state index in [0.717, 1.165) is 0 Å². The van der Waals surface area contributed by atoms with Crippen molar-refractivity contribution < 1.29 is 23.9 Å². The first kappa shape index (κ1) is 14.2. The smallest absolute Gasteiger partial charge is 0.407 e. The van der Waals surface area contributed by atoms with E-state index in [1.54, 1.807) is 0 Å². The molecule has 0 aliphatic rings. The number of esters is 1. The molecule has 7 heteroatoms. The first-order valence-electron chi connectivity index (χ1n) is 4.54. The molecule has 0 bridgehead atoms. The van der Waals surface area contributed by atoms with Gasteiger partial charge in [-0.2, -0.15) is 0 Å². The molecule has 0 aliphatic heterocycles. The predicted octanol–water partition coefficient (Wildman–Crippen LogP) is -0.590. The Hall–Kier alpha value is -1.79. The van der Waals surface area contributed by atoms with Crippen LogP contribution in [-0.4, -0.2) is 44.3 Å². The van der Waals surface area contributed by atoms with Crippen LogP contribution in [0.15, 0.2) is 0 Å². The molecule has 0 aromatic carbocycles. The van der Waals surface area contributed by atoms with Gasteiger partial charge in [-0.3, -0.25) is 4.79 Å². The Morgan fingerprint density at radius 3 is 2.12 bits per heavy atom. The number of carbonyl (C=O) groups is 3. The van der Waals surface area contributed by atoms with Gasteiger partial charge in [0, 0.05) is 0 Å². The van der Waals surface area contributed by atoms with Gasteiger partial charge in [0.15, 0.2) is 0 Å². The van der Waals surface area contributed by atoms with Gasteiger partial charge < -0.3 is 20.1 Å². The van der Waals surface area contributed by atoms with Crippen LogP contribution in [0.3, 0.4) is 0 Å². The minimum absolute atomic E-state index is 0.271. The van der Waals surface area contributed by atoms with Crippen molar-refractivity contribution in [2.45, 2.75) is 19.4 Å². The molecule has 2 N–H and O–H groups in total. The molecule has 92 valence electrons. The lowest BCUT2D eigenvalue weighted by atomic mass is 10.1. The zero-order valence-electron chi connectivity index (χ0n) is 9.75. The van der Waals surface area contributed by atoms with Crippen molar-refractivity contribution in [3.05, 3.63) is 0 Å². The largest absolute Gasteiger partial charge is 0.467 e. The Bertz CT molecular complexity index is 288. The Morgan fingerprint density at radius 2 is 1.69 bits per heavy atom. The van der Waals surface area contributed by atoms with E-state index in [0.29, 0.717) is 0 Å². The minimum atomic E-state index is -1.14. The number of carbonyl (C=O) groups excluding carboxylic acids is 3. The van der Waals surface area contributed by atoms with E-state index in [1.165, 1.54) is 28.1 Å². The molecule has 0 aliphatic carbocycles. The van der Waals surface area contributed by atoms with E-state index >= 15 is 0 Å². The maximum atomic E-state index is 11.3. The minimum Gasteiger partial charge on any atom is -0.467 e. The molecule has 2 amide bonds. The fourth-order valence-electron chi connectivity index (χ4n) is 0.924. The highest BCUT2D eigenvalue weighted by atomic mass is 16.5. The lowest BCUT2D eigenvalue weighted by Crippen LogP contribution is -2.52. The van der Waals surface area contributed by atoms with Crippen molar-refractivity contribution in [2.24, 2.45) is 0 Å². The van der Waals surface area contributed by atoms with E-state index in [1.807, 2.05) is 0 Å². The molecule has 0 rings (SSSR count). The van der Waals surface area contributed by atoms with Crippen LogP contribution in [-0.2, 0) is 19.1 Å². The number of ether oxygens (including phenoxy) is 2. The van der Waals surface area contributed by atoms with Gasteiger partial charge in [-0.25, -0.2) is 9.59 Å². The maximum absolute atomic E-state index is 11.3. The standard InChI is InChI=1S/C9H16N2O5/c1-9(2,7(13)15-3)11-6(12)5-10-8(14)16-4/h5H2,1-4H3,(H,10,14)(H,11,12). The molecule has 0 aromatic rings. The molecule has 0 atom stereocenters. The molecule has 0 saturated carbocycles. The average molecular weight is 232 g/mol. The second kappa shape index (κ2) is 5.94. The molecular formula is C9H16N2O5. The van der Waals surface area contributed by atoms with Crippen molar-refractivity contribution in [1.29, 1.82) is 0 Å². The van der Waals surface area contributed by atoms with Crippen LogP contribution < -0.4 is 10.6 Å². The Kier molecular flexibility index (Phi) is 5.27. The maximum Gasteiger partial charge on any atom is 0.407 e. The second-order valence-corrected chi connectivity index (χ2v) is 3.51. The van der Waals surface area contributed by atoms with Gasteiger partial charge >= 0.3 is 12.1 Å².